The van der Waals surface area contributed by atoms with Gasteiger partial charge >= 0.3 is 0 Å². The second-order valence-corrected chi connectivity index (χ2v) is 9.90. The van der Waals surface area contributed by atoms with Crippen molar-refractivity contribution >= 4 is 41.0 Å². The van der Waals surface area contributed by atoms with Gasteiger partial charge in [0, 0.05) is 17.8 Å². The van der Waals surface area contributed by atoms with Gasteiger partial charge in [0.05, 0.1) is 18.9 Å². The van der Waals surface area contributed by atoms with E-state index in [0.29, 0.717) is 35.3 Å². The minimum atomic E-state index is -0.306. The molecule has 3 rings (SSSR count). The predicted octanol–water partition coefficient (Wildman–Crippen LogP) is 4.82. The fraction of sp³-hybridized carbons (Fsp3) is 0.385. The molecule has 0 aliphatic carbocycles. The van der Waals surface area contributed by atoms with Crippen LogP contribution in [0.15, 0.2) is 53.7 Å². The quantitative estimate of drug-likeness (QED) is 0.307. The number of amides is 2. The molecule has 192 valence electrons. The number of aromatic nitrogens is 3. The number of hydrogen-bond acceptors (Lipinski definition) is 7. The Labute approximate surface area is 221 Å². The number of methoxy groups -OCH3 is 1. The maximum Gasteiger partial charge on any atom is 0.251 e. The van der Waals surface area contributed by atoms with Crippen molar-refractivity contribution in [3.63, 3.8) is 0 Å². The molecule has 2 aromatic carbocycles. The van der Waals surface area contributed by atoms with Crippen molar-refractivity contribution in [3.05, 3.63) is 65.5 Å². The summed E-state index contributed by atoms with van der Waals surface area (Å²) in [6.45, 7) is 4.69. The fourth-order valence-electron chi connectivity index (χ4n) is 3.71. The zero-order valence-corrected chi connectivity index (χ0v) is 22.7. The molecule has 2 amide bonds. The highest BCUT2D eigenvalue weighted by Crippen LogP contribution is 2.25. The zero-order chi connectivity index (χ0) is 25.9. The number of nitrogens with zero attached hydrogens (tertiary/aromatic N) is 3. The maximum absolute atomic E-state index is 13.0. The van der Waals surface area contributed by atoms with Gasteiger partial charge in [0.1, 0.15) is 5.75 Å². The van der Waals surface area contributed by atoms with Gasteiger partial charge in [-0.2, -0.15) is 11.8 Å². The van der Waals surface area contributed by atoms with Crippen molar-refractivity contribution < 1.29 is 14.3 Å². The third-order valence-electron chi connectivity index (χ3n) is 5.65. The van der Waals surface area contributed by atoms with Crippen molar-refractivity contribution in [3.8, 4) is 5.75 Å². The average molecular weight is 528 g/mol. The molecule has 0 aliphatic heterocycles. The lowest BCUT2D eigenvalue weighted by Gasteiger charge is -2.19. The van der Waals surface area contributed by atoms with E-state index in [-0.39, 0.29) is 23.6 Å². The molecule has 0 saturated carbocycles. The second-order valence-electron chi connectivity index (χ2n) is 7.97. The molecule has 0 radical (unpaired) electrons. The zero-order valence-electron chi connectivity index (χ0n) is 21.1. The average Bonchev–Trinajstić information content (AvgIpc) is 3.32. The standard InChI is InChI=1S/C26H33N5O3S2/c1-5-18-9-7-8-10-21(18)27-23(32)17-36-26-30-29-24(31(26)6-2)22(15-16-35-4)28-25(33)19-11-13-20(34-3)14-12-19/h7-14,22H,5-6,15-17H2,1-4H3,(H,27,32)(H,28,33). The van der Waals surface area contributed by atoms with Crippen molar-refractivity contribution in [2.45, 2.75) is 44.4 Å². The van der Waals surface area contributed by atoms with E-state index in [9.17, 15) is 9.59 Å². The summed E-state index contributed by atoms with van der Waals surface area (Å²) in [5.41, 5.74) is 2.48. The Morgan fingerprint density at radius 2 is 1.83 bits per heavy atom. The molecule has 1 heterocycles. The lowest BCUT2D eigenvalue weighted by molar-refractivity contribution is -0.113. The first-order valence-corrected chi connectivity index (χ1v) is 14.3. The number of hydrogen-bond donors (Lipinski definition) is 2. The van der Waals surface area contributed by atoms with Gasteiger partial charge in [-0.15, -0.1) is 10.2 Å². The van der Waals surface area contributed by atoms with Crippen LogP contribution in [-0.4, -0.2) is 51.5 Å². The summed E-state index contributed by atoms with van der Waals surface area (Å²) in [7, 11) is 1.59. The van der Waals surface area contributed by atoms with E-state index in [1.807, 2.05) is 42.0 Å². The van der Waals surface area contributed by atoms with Gasteiger partial charge in [0.25, 0.3) is 5.91 Å². The van der Waals surface area contributed by atoms with Crippen molar-refractivity contribution in [2.75, 3.05) is 30.2 Å². The Bertz CT molecular complexity index is 1150. The van der Waals surface area contributed by atoms with Crippen LogP contribution in [0.5, 0.6) is 5.75 Å². The molecule has 36 heavy (non-hydrogen) atoms. The van der Waals surface area contributed by atoms with Gasteiger partial charge in [-0.25, -0.2) is 0 Å². The maximum atomic E-state index is 13.0. The van der Waals surface area contributed by atoms with Crippen molar-refractivity contribution in [1.82, 2.24) is 20.1 Å². The lowest BCUT2D eigenvalue weighted by Crippen LogP contribution is -2.31. The highest BCUT2D eigenvalue weighted by atomic mass is 32.2. The van der Waals surface area contributed by atoms with Gasteiger partial charge in [-0.05, 0) is 67.7 Å². The van der Waals surface area contributed by atoms with Gasteiger partial charge in [-0.1, -0.05) is 36.9 Å². The topological polar surface area (TPSA) is 98.1 Å². The molecule has 0 fully saturated rings. The molecule has 3 aromatic rings. The monoisotopic (exact) mass is 527 g/mol. The molecule has 1 aromatic heterocycles. The number of benzene rings is 2. The molecule has 0 aliphatic rings. The van der Waals surface area contributed by atoms with Gasteiger partial charge in [0.2, 0.25) is 5.91 Å². The van der Waals surface area contributed by atoms with E-state index < -0.39 is 0 Å². The van der Waals surface area contributed by atoms with E-state index in [2.05, 4.69) is 27.8 Å². The molecular weight excluding hydrogens is 494 g/mol. The van der Waals surface area contributed by atoms with Gasteiger partial charge in [0.15, 0.2) is 11.0 Å². The fourth-order valence-corrected chi connectivity index (χ4v) is 5.00. The Morgan fingerprint density at radius 3 is 2.50 bits per heavy atom. The van der Waals surface area contributed by atoms with E-state index >= 15 is 0 Å². The normalized spacial score (nSPS) is 11.7. The molecule has 0 spiro atoms. The van der Waals surface area contributed by atoms with Crippen LogP contribution in [0.2, 0.25) is 0 Å². The van der Waals surface area contributed by atoms with Crippen molar-refractivity contribution in [2.24, 2.45) is 0 Å². The third kappa shape index (κ3) is 7.27. The molecule has 2 N–H and O–H groups in total. The number of carbonyl (C=O) groups is 2. The first kappa shape index (κ1) is 27.6. The Balaban J connectivity index is 1.71. The number of thioether (sulfide) groups is 2. The summed E-state index contributed by atoms with van der Waals surface area (Å²) in [4.78, 5) is 25.6. The van der Waals surface area contributed by atoms with E-state index in [4.69, 9.17) is 4.74 Å². The van der Waals surface area contributed by atoms with Crippen LogP contribution >= 0.6 is 23.5 Å². The third-order valence-corrected chi connectivity index (χ3v) is 7.26. The Morgan fingerprint density at radius 1 is 1.08 bits per heavy atom. The van der Waals surface area contributed by atoms with E-state index in [1.165, 1.54) is 11.8 Å². The highest BCUT2D eigenvalue weighted by Gasteiger charge is 2.23. The summed E-state index contributed by atoms with van der Waals surface area (Å²) in [6, 6.07) is 14.5. The largest absolute Gasteiger partial charge is 0.497 e. The van der Waals surface area contributed by atoms with E-state index in [1.54, 1.807) is 43.1 Å². The number of carbonyl (C=O) groups excluding carboxylic acids is 2. The number of aryl methyl sites for hydroxylation is 1. The number of ether oxygens (including phenoxy) is 1. The predicted molar refractivity (Wildman–Crippen MR) is 147 cm³/mol. The molecule has 0 saturated heterocycles. The first-order valence-electron chi connectivity index (χ1n) is 11.9. The van der Waals surface area contributed by atoms with Crippen LogP contribution in [0.1, 0.15) is 48.1 Å². The second kappa shape index (κ2) is 13.9. The number of anilines is 1. The summed E-state index contributed by atoms with van der Waals surface area (Å²) >= 11 is 3.05. The number of para-hydroxylation sites is 1. The van der Waals surface area contributed by atoms with Crippen LogP contribution in [0.25, 0.3) is 0 Å². The highest BCUT2D eigenvalue weighted by molar-refractivity contribution is 7.99. The SMILES string of the molecule is CCc1ccccc1NC(=O)CSc1nnc(C(CCSC)NC(=O)c2ccc(OC)cc2)n1CC. The molecule has 10 heteroatoms. The first-order chi connectivity index (χ1) is 17.5. The summed E-state index contributed by atoms with van der Waals surface area (Å²) < 4.78 is 7.15. The molecule has 1 unspecified atom stereocenters. The number of nitrogens with one attached hydrogen (secondary N) is 2. The minimum Gasteiger partial charge on any atom is -0.497 e. The lowest BCUT2D eigenvalue weighted by atomic mass is 10.1. The molecule has 0 bridgehead atoms. The van der Waals surface area contributed by atoms with Gasteiger partial charge < -0.3 is 19.9 Å². The van der Waals surface area contributed by atoms with Crippen LogP contribution in [-0.2, 0) is 17.8 Å². The number of rotatable bonds is 13. The molecule has 8 nitrogen and oxygen atoms in total. The van der Waals surface area contributed by atoms with Crippen LogP contribution in [0.4, 0.5) is 5.69 Å². The van der Waals surface area contributed by atoms with Crippen LogP contribution in [0, 0.1) is 0 Å². The summed E-state index contributed by atoms with van der Waals surface area (Å²) in [6.07, 6.45) is 3.58. The Hall–Kier alpha value is -2.98. The van der Waals surface area contributed by atoms with Crippen LogP contribution < -0.4 is 15.4 Å². The Kier molecular flexibility index (Phi) is 10.7. The molecular formula is C26H33N5O3S2. The van der Waals surface area contributed by atoms with Crippen LogP contribution in [0.3, 0.4) is 0 Å². The molecule has 1 atom stereocenters. The smallest absolute Gasteiger partial charge is 0.251 e. The van der Waals surface area contributed by atoms with Crippen molar-refractivity contribution in [1.29, 1.82) is 0 Å². The van der Waals surface area contributed by atoms with Gasteiger partial charge in [-0.3, -0.25) is 9.59 Å². The van der Waals surface area contributed by atoms with E-state index in [0.717, 1.165) is 23.4 Å². The minimum absolute atomic E-state index is 0.0974. The summed E-state index contributed by atoms with van der Waals surface area (Å²) in [5, 5.41) is 15.5. The summed E-state index contributed by atoms with van der Waals surface area (Å²) in [5.74, 6) is 2.17.